The minimum atomic E-state index is -1.23. The Kier molecular flexibility index (Phi) is 13.3. The van der Waals surface area contributed by atoms with Crippen LogP contribution >= 0.6 is 11.8 Å². The smallest absolute Gasteiger partial charge is 0.408 e. The van der Waals surface area contributed by atoms with E-state index in [4.69, 9.17) is 15.9 Å². The van der Waals surface area contributed by atoms with Gasteiger partial charge in [0, 0.05) is 12.6 Å². The Morgan fingerprint density at radius 2 is 1.97 bits per heavy atom. The molecule has 0 bridgehead atoms. The number of rotatable bonds is 13. The fourth-order valence-corrected chi connectivity index (χ4v) is 3.74. The van der Waals surface area contributed by atoms with Crippen molar-refractivity contribution >= 4 is 41.7 Å². The quantitative estimate of drug-likeness (QED) is 0.227. The van der Waals surface area contributed by atoms with Crippen molar-refractivity contribution in [1.82, 2.24) is 15.5 Å². The third-order valence-electron chi connectivity index (χ3n) is 4.88. The molecule has 37 heavy (non-hydrogen) atoms. The van der Waals surface area contributed by atoms with E-state index < -0.39 is 41.6 Å². The van der Waals surface area contributed by atoms with Crippen LogP contribution in [0, 0.1) is 12.5 Å². The lowest BCUT2D eigenvalue weighted by atomic mass is 10.0. The molecule has 1 aromatic carbocycles. The molecule has 0 heterocycles. The molecule has 0 aliphatic heterocycles. The summed E-state index contributed by atoms with van der Waals surface area (Å²) < 4.78 is 10.2. The zero-order chi connectivity index (χ0) is 28.0. The summed E-state index contributed by atoms with van der Waals surface area (Å²) in [5.74, 6) is -1.14. The molecule has 1 rings (SSSR count). The zero-order valence-electron chi connectivity index (χ0n) is 22.2. The number of hydrogen-bond donors (Lipinski definition) is 2. The highest BCUT2D eigenvalue weighted by molar-refractivity contribution is 7.98. The molecule has 0 aliphatic rings. The molecule has 0 saturated heterocycles. The second-order valence-corrected chi connectivity index (χ2v) is 9.93. The van der Waals surface area contributed by atoms with Gasteiger partial charge in [-0.15, -0.1) is 0 Å². The highest BCUT2D eigenvalue weighted by atomic mass is 32.2. The first kappa shape index (κ1) is 31.6. The van der Waals surface area contributed by atoms with Gasteiger partial charge in [-0.05, 0) is 63.3 Å². The lowest BCUT2D eigenvalue weighted by Gasteiger charge is -2.30. The molecule has 202 valence electrons. The summed E-state index contributed by atoms with van der Waals surface area (Å²) in [5, 5.41) is 5.25. The first-order chi connectivity index (χ1) is 17.5. The van der Waals surface area contributed by atoms with Crippen molar-refractivity contribution in [1.29, 1.82) is 0 Å². The lowest BCUT2D eigenvalue weighted by molar-refractivity contribution is -0.143. The Labute approximate surface area is 223 Å². The first-order valence-electron chi connectivity index (χ1n) is 11.9. The van der Waals surface area contributed by atoms with Gasteiger partial charge in [-0.3, -0.25) is 19.3 Å². The number of nitrogens with zero attached hydrogens (tertiary/aromatic N) is 1. The highest BCUT2D eigenvalue weighted by Gasteiger charge is 2.35. The van der Waals surface area contributed by atoms with E-state index in [1.54, 1.807) is 58.0 Å². The van der Waals surface area contributed by atoms with E-state index in [1.807, 2.05) is 6.26 Å². The summed E-state index contributed by atoms with van der Waals surface area (Å²) in [5.41, 5.74) is 0.394. The van der Waals surface area contributed by atoms with E-state index >= 15 is 0 Å². The summed E-state index contributed by atoms with van der Waals surface area (Å²) >= 11 is 1.49. The second-order valence-electron chi connectivity index (χ2n) is 8.94. The van der Waals surface area contributed by atoms with Gasteiger partial charge in [0.15, 0.2) is 0 Å². The summed E-state index contributed by atoms with van der Waals surface area (Å²) in [6, 6.07) is 6.93. The summed E-state index contributed by atoms with van der Waals surface area (Å²) in [7, 11) is 0. The number of nitrogens with one attached hydrogen (secondary N) is 2. The van der Waals surface area contributed by atoms with E-state index in [0.29, 0.717) is 11.3 Å². The maximum Gasteiger partial charge on any atom is 0.408 e. The third kappa shape index (κ3) is 11.0. The van der Waals surface area contributed by atoms with Crippen molar-refractivity contribution in [2.75, 3.05) is 25.2 Å². The molecule has 9 nitrogen and oxygen atoms in total. The number of thioether (sulfide) groups is 1. The van der Waals surface area contributed by atoms with Gasteiger partial charge in [-0.2, -0.15) is 11.8 Å². The van der Waals surface area contributed by atoms with Crippen LogP contribution in [0.25, 0.3) is 6.08 Å². The van der Waals surface area contributed by atoms with Crippen LogP contribution in [0.4, 0.5) is 4.79 Å². The van der Waals surface area contributed by atoms with Crippen LogP contribution in [0.1, 0.15) is 57.7 Å². The van der Waals surface area contributed by atoms with Gasteiger partial charge in [0.05, 0.1) is 13.0 Å². The van der Waals surface area contributed by atoms with Crippen molar-refractivity contribution in [2.24, 2.45) is 0 Å². The molecule has 10 heteroatoms. The second kappa shape index (κ2) is 15.6. The number of hydrogen-bond acceptors (Lipinski definition) is 7. The number of alkyl carbamates (subject to hydrolysis) is 1. The monoisotopic (exact) mass is 531 g/mol. The summed E-state index contributed by atoms with van der Waals surface area (Å²) in [6.45, 7) is 10.8. The Morgan fingerprint density at radius 3 is 2.54 bits per heavy atom. The van der Waals surface area contributed by atoms with Gasteiger partial charge in [-0.25, -0.2) is 4.79 Å². The van der Waals surface area contributed by atoms with E-state index in [1.165, 1.54) is 11.8 Å². The predicted octanol–water partition coefficient (Wildman–Crippen LogP) is 3.51. The normalized spacial score (nSPS) is 12.3. The van der Waals surface area contributed by atoms with Gasteiger partial charge in [0.2, 0.25) is 5.91 Å². The number of carbonyl (C=O) groups is 4. The molecule has 2 unspecified atom stereocenters. The molecule has 0 saturated carbocycles. The molecule has 2 N–H and O–H groups in total. The Hall–Kier alpha value is -3.45. The fraction of sp³-hybridized carbons (Fsp3) is 0.481. The SMILES string of the molecule is C#CN(C(=O)C(CCSC)NC(=O)OC(C)(C)C)C(C(=O)NCCC(=O)OCC)c1cccc(C=C)c1. The van der Waals surface area contributed by atoms with Gasteiger partial charge < -0.3 is 20.1 Å². The van der Waals surface area contributed by atoms with Crippen LogP contribution in [-0.2, 0) is 23.9 Å². The van der Waals surface area contributed by atoms with Crippen molar-refractivity contribution < 1.29 is 28.7 Å². The van der Waals surface area contributed by atoms with E-state index in [9.17, 15) is 19.2 Å². The third-order valence-corrected chi connectivity index (χ3v) is 5.52. The van der Waals surface area contributed by atoms with Gasteiger partial charge in [-0.1, -0.05) is 37.3 Å². The Balaban J connectivity index is 3.32. The number of esters is 1. The number of benzene rings is 1. The summed E-state index contributed by atoms with van der Waals surface area (Å²) in [4.78, 5) is 52.1. The van der Waals surface area contributed by atoms with Crippen LogP contribution < -0.4 is 10.6 Å². The van der Waals surface area contributed by atoms with Gasteiger partial charge >= 0.3 is 12.1 Å². The molecule has 1 aromatic rings. The van der Waals surface area contributed by atoms with Crippen molar-refractivity contribution in [2.45, 2.75) is 58.2 Å². The molecule has 3 amide bonds. The molecule has 0 spiro atoms. The van der Waals surface area contributed by atoms with Crippen molar-refractivity contribution in [3.05, 3.63) is 42.0 Å². The average Bonchev–Trinajstić information content (AvgIpc) is 2.83. The average molecular weight is 532 g/mol. The Morgan fingerprint density at radius 1 is 1.27 bits per heavy atom. The van der Waals surface area contributed by atoms with Crippen molar-refractivity contribution in [3.63, 3.8) is 0 Å². The van der Waals surface area contributed by atoms with Gasteiger partial charge in [0.25, 0.3) is 5.91 Å². The zero-order valence-corrected chi connectivity index (χ0v) is 23.0. The maximum atomic E-state index is 13.7. The lowest BCUT2D eigenvalue weighted by Crippen LogP contribution is -2.51. The first-order valence-corrected chi connectivity index (χ1v) is 13.3. The predicted molar refractivity (Wildman–Crippen MR) is 145 cm³/mol. The van der Waals surface area contributed by atoms with E-state index in [-0.39, 0.29) is 26.0 Å². The van der Waals surface area contributed by atoms with E-state index in [2.05, 4.69) is 23.3 Å². The molecule has 0 radical (unpaired) electrons. The van der Waals surface area contributed by atoms with Crippen LogP contribution in [0.3, 0.4) is 0 Å². The molecule has 0 aromatic heterocycles. The fourth-order valence-electron chi connectivity index (χ4n) is 3.27. The largest absolute Gasteiger partial charge is 0.466 e. The van der Waals surface area contributed by atoms with Crippen LogP contribution in [0.5, 0.6) is 0 Å². The molecule has 0 aliphatic carbocycles. The molecule has 0 fully saturated rings. The minimum Gasteiger partial charge on any atom is -0.466 e. The number of ether oxygens (including phenoxy) is 2. The van der Waals surface area contributed by atoms with Gasteiger partial charge in [0.1, 0.15) is 17.7 Å². The molecular formula is C27H37N3O6S. The highest BCUT2D eigenvalue weighted by Crippen LogP contribution is 2.24. The maximum absolute atomic E-state index is 13.7. The Bertz CT molecular complexity index is 999. The molecule has 2 atom stereocenters. The summed E-state index contributed by atoms with van der Waals surface area (Å²) in [6.07, 6.45) is 8.69. The number of carbonyl (C=O) groups excluding carboxylic acids is 4. The topological polar surface area (TPSA) is 114 Å². The van der Waals surface area contributed by atoms with Crippen LogP contribution in [-0.4, -0.2) is 65.6 Å². The van der Waals surface area contributed by atoms with Crippen molar-refractivity contribution in [3.8, 4) is 12.5 Å². The number of amides is 3. The van der Waals surface area contributed by atoms with E-state index in [0.717, 1.165) is 10.5 Å². The van der Waals surface area contributed by atoms with Crippen LogP contribution in [0.15, 0.2) is 30.8 Å². The standard InChI is InChI=1S/C27H37N3O6S/c1-8-19-12-11-13-20(18-19)23(24(32)28-16-14-22(31)35-10-3)30(9-2)25(33)21(15-17-37-7)29-26(34)36-27(4,5)6/h2,8,11-13,18,21,23H,1,10,14-17H2,3-7H3,(H,28,32)(H,29,34). The van der Waals surface area contributed by atoms with Crippen LogP contribution in [0.2, 0.25) is 0 Å². The number of terminal acetylenes is 1. The minimum absolute atomic E-state index is 0.00597. The molecular weight excluding hydrogens is 494 g/mol.